The monoisotopic (exact) mass is 265 g/mol. The van der Waals surface area contributed by atoms with Gasteiger partial charge in [-0.25, -0.2) is 0 Å². The van der Waals surface area contributed by atoms with Crippen molar-refractivity contribution in [1.82, 2.24) is 0 Å². The van der Waals surface area contributed by atoms with E-state index in [1.165, 1.54) is 30.3 Å². The molecule has 0 spiro atoms. The van der Waals surface area contributed by atoms with Crippen LogP contribution in [-0.4, -0.2) is 10.0 Å². The summed E-state index contributed by atoms with van der Waals surface area (Å²) in [6.45, 7) is 0. The van der Waals surface area contributed by atoms with Crippen molar-refractivity contribution in [1.29, 1.82) is 0 Å². The van der Waals surface area contributed by atoms with Gasteiger partial charge in [0.2, 0.25) is 5.75 Å². The van der Waals surface area contributed by atoms with Gasteiger partial charge in [-0.3, -0.25) is 10.1 Å². The fourth-order valence-corrected chi connectivity index (χ4v) is 1.54. The van der Waals surface area contributed by atoms with Crippen molar-refractivity contribution < 1.29 is 14.8 Å². The molecule has 5 nitrogen and oxygen atoms in total. The molecule has 0 aliphatic carbocycles. The highest BCUT2D eigenvalue weighted by atomic mass is 35.5. The van der Waals surface area contributed by atoms with Gasteiger partial charge in [0.1, 0.15) is 0 Å². The lowest BCUT2D eigenvalue weighted by Gasteiger charge is -2.07. The molecule has 0 unspecified atom stereocenters. The van der Waals surface area contributed by atoms with Crippen LogP contribution in [0.15, 0.2) is 42.5 Å². The van der Waals surface area contributed by atoms with Crippen LogP contribution in [0.25, 0.3) is 0 Å². The number of hydrogen-bond acceptors (Lipinski definition) is 4. The van der Waals surface area contributed by atoms with Crippen LogP contribution in [0.1, 0.15) is 0 Å². The molecule has 0 saturated heterocycles. The van der Waals surface area contributed by atoms with Crippen LogP contribution in [0.2, 0.25) is 5.02 Å². The number of nitro groups is 1. The third kappa shape index (κ3) is 2.52. The van der Waals surface area contributed by atoms with Gasteiger partial charge in [-0.15, -0.1) is 0 Å². The average molecular weight is 266 g/mol. The van der Waals surface area contributed by atoms with Crippen LogP contribution >= 0.6 is 11.6 Å². The topological polar surface area (TPSA) is 72.6 Å². The third-order valence-electron chi connectivity index (χ3n) is 2.20. The molecule has 0 saturated carbocycles. The number of ether oxygens (including phenoxy) is 1. The highest BCUT2D eigenvalue weighted by molar-refractivity contribution is 6.30. The van der Waals surface area contributed by atoms with Gasteiger partial charge in [0, 0.05) is 17.2 Å². The van der Waals surface area contributed by atoms with E-state index >= 15 is 0 Å². The first-order valence-corrected chi connectivity index (χ1v) is 5.35. The van der Waals surface area contributed by atoms with E-state index in [0.717, 1.165) is 0 Å². The van der Waals surface area contributed by atoms with Gasteiger partial charge >= 0.3 is 5.69 Å². The summed E-state index contributed by atoms with van der Waals surface area (Å²) in [5, 5.41) is 20.7. The minimum absolute atomic E-state index is 0.0194. The molecule has 2 aromatic carbocycles. The first-order chi connectivity index (χ1) is 8.58. The molecule has 6 heteroatoms. The number of halogens is 1. The van der Waals surface area contributed by atoms with Crippen molar-refractivity contribution in [3.05, 3.63) is 57.6 Å². The number of aromatic hydroxyl groups is 1. The molecule has 0 heterocycles. The maximum Gasteiger partial charge on any atom is 0.311 e. The molecule has 2 rings (SSSR count). The molecule has 0 aliphatic heterocycles. The van der Waals surface area contributed by atoms with E-state index in [2.05, 4.69) is 0 Å². The number of hydrogen-bond donors (Lipinski definition) is 1. The van der Waals surface area contributed by atoms with Crippen molar-refractivity contribution in [3.8, 4) is 17.2 Å². The van der Waals surface area contributed by atoms with Gasteiger partial charge in [-0.1, -0.05) is 23.7 Å². The number of phenolic OH excluding ortho intramolecular Hbond substituents is 1. The molecule has 0 aromatic heterocycles. The Labute approximate surface area is 107 Å². The summed E-state index contributed by atoms with van der Waals surface area (Å²) in [5.41, 5.74) is -0.220. The molecular formula is C12H8ClNO4. The van der Waals surface area contributed by atoms with E-state index in [1.807, 2.05) is 0 Å². The molecule has 2 aromatic rings. The molecular weight excluding hydrogens is 258 g/mol. The quantitative estimate of drug-likeness (QED) is 0.678. The fraction of sp³-hybridized carbons (Fsp3) is 0. The zero-order valence-electron chi connectivity index (χ0n) is 9.04. The normalized spacial score (nSPS) is 10.1. The van der Waals surface area contributed by atoms with E-state index in [4.69, 9.17) is 16.3 Å². The molecule has 1 N–H and O–H groups in total. The number of phenols is 1. The number of rotatable bonds is 3. The Morgan fingerprint density at radius 2 is 1.89 bits per heavy atom. The Morgan fingerprint density at radius 3 is 2.56 bits per heavy atom. The highest BCUT2D eigenvalue weighted by Crippen LogP contribution is 2.36. The van der Waals surface area contributed by atoms with Gasteiger partial charge in [0.25, 0.3) is 0 Å². The maximum absolute atomic E-state index is 10.8. The van der Waals surface area contributed by atoms with Crippen molar-refractivity contribution in [2.24, 2.45) is 0 Å². The van der Waals surface area contributed by atoms with Crippen LogP contribution in [-0.2, 0) is 0 Å². The summed E-state index contributed by atoms with van der Waals surface area (Å²) in [5.74, 6) is 0.00337. The van der Waals surface area contributed by atoms with Gasteiger partial charge in [-0.2, -0.15) is 0 Å². The third-order valence-corrected chi connectivity index (χ3v) is 2.44. The van der Waals surface area contributed by atoms with Gasteiger partial charge in [0.15, 0.2) is 11.5 Å². The van der Waals surface area contributed by atoms with Crippen LogP contribution in [0.4, 0.5) is 5.69 Å². The number of para-hydroxylation sites is 2. The lowest BCUT2D eigenvalue weighted by Crippen LogP contribution is -1.93. The lowest BCUT2D eigenvalue weighted by molar-refractivity contribution is -0.385. The predicted octanol–water partition coefficient (Wildman–Crippen LogP) is 3.75. The second kappa shape index (κ2) is 4.93. The average Bonchev–Trinajstić information content (AvgIpc) is 2.32. The minimum atomic E-state index is -0.578. The van der Waals surface area contributed by atoms with Crippen LogP contribution in [0, 0.1) is 10.1 Å². The maximum atomic E-state index is 10.8. The van der Waals surface area contributed by atoms with E-state index in [9.17, 15) is 15.2 Å². The van der Waals surface area contributed by atoms with E-state index < -0.39 is 4.92 Å². The number of nitrogens with zero attached hydrogens (tertiary/aromatic N) is 1. The van der Waals surface area contributed by atoms with Gasteiger partial charge in [0.05, 0.1) is 4.92 Å². The van der Waals surface area contributed by atoms with Crippen LogP contribution < -0.4 is 4.74 Å². The largest absolute Gasteiger partial charge is 0.504 e. The number of nitro benzene ring substituents is 1. The predicted molar refractivity (Wildman–Crippen MR) is 66.3 cm³/mol. The van der Waals surface area contributed by atoms with Gasteiger partial charge < -0.3 is 9.84 Å². The van der Waals surface area contributed by atoms with Crippen LogP contribution in [0.5, 0.6) is 17.2 Å². The van der Waals surface area contributed by atoms with E-state index in [-0.39, 0.29) is 22.9 Å². The Kier molecular flexibility index (Phi) is 3.34. The molecule has 0 aliphatic rings. The van der Waals surface area contributed by atoms with Crippen molar-refractivity contribution in [2.75, 3.05) is 0 Å². The van der Waals surface area contributed by atoms with Crippen LogP contribution in [0.3, 0.4) is 0 Å². The summed E-state index contributed by atoms with van der Waals surface area (Å²) < 4.78 is 5.31. The molecule has 18 heavy (non-hydrogen) atoms. The molecule has 0 atom stereocenters. The smallest absolute Gasteiger partial charge is 0.311 e. The lowest BCUT2D eigenvalue weighted by atomic mass is 10.3. The Balaban J connectivity index is 2.42. The van der Waals surface area contributed by atoms with Crippen molar-refractivity contribution in [3.63, 3.8) is 0 Å². The zero-order valence-corrected chi connectivity index (χ0v) is 9.79. The van der Waals surface area contributed by atoms with E-state index in [1.54, 1.807) is 12.1 Å². The first kappa shape index (κ1) is 12.2. The van der Waals surface area contributed by atoms with Crippen molar-refractivity contribution in [2.45, 2.75) is 0 Å². The summed E-state index contributed by atoms with van der Waals surface area (Å²) in [6.07, 6.45) is 0. The Morgan fingerprint density at radius 1 is 1.17 bits per heavy atom. The Bertz CT molecular complexity index is 600. The second-order valence-electron chi connectivity index (χ2n) is 3.44. The summed E-state index contributed by atoms with van der Waals surface area (Å²) in [7, 11) is 0. The first-order valence-electron chi connectivity index (χ1n) is 4.97. The van der Waals surface area contributed by atoms with E-state index in [0.29, 0.717) is 5.02 Å². The van der Waals surface area contributed by atoms with Gasteiger partial charge in [-0.05, 0) is 18.2 Å². The molecule has 92 valence electrons. The molecule has 0 radical (unpaired) electrons. The fourth-order valence-electron chi connectivity index (χ4n) is 1.38. The molecule has 0 amide bonds. The second-order valence-corrected chi connectivity index (χ2v) is 3.88. The zero-order chi connectivity index (χ0) is 13.1. The molecule has 0 fully saturated rings. The number of benzene rings is 2. The summed E-state index contributed by atoms with van der Waals surface area (Å²) in [4.78, 5) is 10.3. The summed E-state index contributed by atoms with van der Waals surface area (Å²) in [6, 6.07) is 10.2. The molecule has 0 bridgehead atoms. The standard InChI is InChI=1S/C12H8ClNO4/c13-8-5-6-9(14(16)17)12(7-8)18-11-4-2-1-3-10(11)15/h1-7,15H. The summed E-state index contributed by atoms with van der Waals surface area (Å²) >= 11 is 5.76. The highest BCUT2D eigenvalue weighted by Gasteiger charge is 2.17. The minimum Gasteiger partial charge on any atom is -0.504 e. The van der Waals surface area contributed by atoms with Crippen molar-refractivity contribution >= 4 is 17.3 Å². The Hall–Kier alpha value is -2.27. The SMILES string of the molecule is O=[N+]([O-])c1ccc(Cl)cc1Oc1ccccc1O.